The fourth-order valence-corrected chi connectivity index (χ4v) is 4.05. The molecule has 2 aliphatic rings. The first-order chi connectivity index (χ1) is 16.0. The van der Waals surface area contributed by atoms with E-state index in [1.807, 2.05) is 6.07 Å². The Bertz CT molecular complexity index is 783. The van der Waals surface area contributed by atoms with Gasteiger partial charge in [0.25, 0.3) is 0 Å². The maximum Gasteiger partial charge on any atom is 0.409 e. The van der Waals surface area contributed by atoms with E-state index in [4.69, 9.17) is 9.47 Å². The summed E-state index contributed by atoms with van der Waals surface area (Å²) >= 11 is 0. The number of hydrogen-bond donors (Lipinski definition) is 0. The van der Waals surface area contributed by atoms with E-state index in [2.05, 4.69) is 0 Å². The summed E-state index contributed by atoms with van der Waals surface area (Å²) in [5, 5.41) is 0. The number of piperazine rings is 2. The molecule has 1 aromatic rings. The number of ether oxygens (including phenoxy) is 2. The number of benzene rings is 1. The summed E-state index contributed by atoms with van der Waals surface area (Å²) in [7, 11) is 0. The van der Waals surface area contributed by atoms with Crippen molar-refractivity contribution in [3.05, 3.63) is 35.9 Å². The number of carbonyl (C=O) groups excluding carboxylic acids is 4. The lowest BCUT2D eigenvalue weighted by molar-refractivity contribution is -0.145. The molecule has 2 aliphatic heterocycles. The SMILES string of the molecule is CCOC(=O)N1CCN(C(=O)C(C(=O)N2CCN(C(=O)OCC)CC2)c2ccccc2)CC1. The molecule has 2 heterocycles. The molecule has 180 valence electrons. The van der Waals surface area contributed by atoms with Gasteiger partial charge in [0, 0.05) is 52.4 Å². The Labute approximate surface area is 194 Å². The molecule has 2 saturated heterocycles. The van der Waals surface area contributed by atoms with Gasteiger partial charge in [-0.3, -0.25) is 9.59 Å². The first kappa shape index (κ1) is 24.3. The monoisotopic (exact) mass is 460 g/mol. The fraction of sp³-hybridized carbons (Fsp3) is 0.565. The van der Waals surface area contributed by atoms with E-state index < -0.39 is 5.92 Å². The lowest BCUT2D eigenvalue weighted by atomic mass is 9.95. The average molecular weight is 461 g/mol. The van der Waals surface area contributed by atoms with E-state index in [0.29, 0.717) is 71.1 Å². The van der Waals surface area contributed by atoms with Gasteiger partial charge in [-0.1, -0.05) is 30.3 Å². The van der Waals surface area contributed by atoms with Crippen LogP contribution in [0.1, 0.15) is 25.3 Å². The first-order valence-corrected chi connectivity index (χ1v) is 11.4. The molecule has 0 aromatic heterocycles. The number of amides is 4. The zero-order chi connectivity index (χ0) is 23.8. The Balaban J connectivity index is 1.69. The lowest BCUT2D eigenvalue weighted by Gasteiger charge is -2.38. The first-order valence-electron chi connectivity index (χ1n) is 11.4. The minimum Gasteiger partial charge on any atom is -0.450 e. The minimum atomic E-state index is -0.963. The average Bonchev–Trinajstić information content (AvgIpc) is 2.85. The van der Waals surface area contributed by atoms with E-state index in [1.165, 1.54) is 0 Å². The molecule has 0 spiro atoms. The third-order valence-corrected chi connectivity index (χ3v) is 5.86. The summed E-state index contributed by atoms with van der Waals surface area (Å²) in [4.78, 5) is 57.3. The Morgan fingerprint density at radius 2 is 1.03 bits per heavy atom. The molecular weight excluding hydrogens is 428 g/mol. The second-order valence-corrected chi connectivity index (χ2v) is 7.87. The highest BCUT2D eigenvalue weighted by Gasteiger charge is 2.38. The second kappa shape index (κ2) is 11.5. The van der Waals surface area contributed by atoms with Gasteiger partial charge in [0.1, 0.15) is 5.92 Å². The topological polar surface area (TPSA) is 99.7 Å². The number of hydrogen-bond acceptors (Lipinski definition) is 6. The quantitative estimate of drug-likeness (QED) is 0.616. The van der Waals surface area contributed by atoms with E-state index in [0.717, 1.165) is 0 Å². The number of carbonyl (C=O) groups is 4. The molecule has 0 unspecified atom stereocenters. The van der Waals surface area contributed by atoms with Crippen molar-refractivity contribution >= 4 is 24.0 Å². The highest BCUT2D eigenvalue weighted by molar-refractivity contribution is 6.05. The van der Waals surface area contributed by atoms with E-state index in [9.17, 15) is 19.2 Å². The zero-order valence-corrected chi connectivity index (χ0v) is 19.3. The third kappa shape index (κ3) is 5.94. The van der Waals surface area contributed by atoms with Crippen molar-refractivity contribution in [1.29, 1.82) is 0 Å². The summed E-state index contributed by atoms with van der Waals surface area (Å²) in [6, 6.07) is 9.01. The van der Waals surface area contributed by atoms with Crippen LogP contribution >= 0.6 is 0 Å². The van der Waals surface area contributed by atoms with Crippen LogP contribution in [0.25, 0.3) is 0 Å². The zero-order valence-electron chi connectivity index (χ0n) is 19.3. The molecule has 10 heteroatoms. The van der Waals surface area contributed by atoms with Crippen LogP contribution < -0.4 is 0 Å². The summed E-state index contributed by atoms with van der Waals surface area (Å²) in [5.74, 6) is -1.51. The highest BCUT2D eigenvalue weighted by Crippen LogP contribution is 2.23. The van der Waals surface area contributed by atoms with Crippen molar-refractivity contribution in [2.45, 2.75) is 19.8 Å². The maximum absolute atomic E-state index is 13.5. The van der Waals surface area contributed by atoms with Gasteiger partial charge in [-0.2, -0.15) is 0 Å². The van der Waals surface area contributed by atoms with Crippen LogP contribution in [0.3, 0.4) is 0 Å². The summed E-state index contributed by atoms with van der Waals surface area (Å²) < 4.78 is 10.1. The van der Waals surface area contributed by atoms with E-state index >= 15 is 0 Å². The summed E-state index contributed by atoms with van der Waals surface area (Å²) in [6.07, 6.45) is -0.778. The van der Waals surface area contributed by atoms with Gasteiger partial charge in [0.05, 0.1) is 13.2 Å². The van der Waals surface area contributed by atoms with E-state index in [1.54, 1.807) is 57.7 Å². The van der Waals surface area contributed by atoms with Crippen molar-refractivity contribution in [3.8, 4) is 0 Å². The minimum absolute atomic E-state index is 0.275. The predicted molar refractivity (Wildman–Crippen MR) is 120 cm³/mol. The number of rotatable bonds is 5. The van der Waals surface area contributed by atoms with Crippen LogP contribution in [0.5, 0.6) is 0 Å². The molecule has 10 nitrogen and oxygen atoms in total. The molecule has 2 fully saturated rings. The smallest absolute Gasteiger partial charge is 0.409 e. The molecule has 4 amide bonds. The molecule has 3 rings (SSSR count). The molecule has 0 aliphatic carbocycles. The Kier molecular flexibility index (Phi) is 8.51. The van der Waals surface area contributed by atoms with Crippen molar-refractivity contribution in [3.63, 3.8) is 0 Å². The van der Waals surface area contributed by atoms with Gasteiger partial charge < -0.3 is 29.1 Å². The largest absolute Gasteiger partial charge is 0.450 e. The van der Waals surface area contributed by atoms with Crippen molar-refractivity contribution in [2.75, 3.05) is 65.6 Å². The summed E-state index contributed by atoms with van der Waals surface area (Å²) in [6.45, 7) is 6.89. The molecular formula is C23H32N4O6. The van der Waals surface area contributed by atoms with Gasteiger partial charge in [-0.25, -0.2) is 9.59 Å². The molecule has 33 heavy (non-hydrogen) atoms. The van der Waals surface area contributed by atoms with Crippen LogP contribution in [0.2, 0.25) is 0 Å². The molecule has 0 atom stereocenters. The molecule has 0 saturated carbocycles. The lowest BCUT2D eigenvalue weighted by Crippen LogP contribution is -2.55. The van der Waals surface area contributed by atoms with Gasteiger partial charge >= 0.3 is 12.2 Å². The molecule has 0 N–H and O–H groups in total. The van der Waals surface area contributed by atoms with Crippen LogP contribution in [0.4, 0.5) is 9.59 Å². The van der Waals surface area contributed by atoms with Crippen LogP contribution in [0.15, 0.2) is 30.3 Å². The summed E-state index contributed by atoms with van der Waals surface area (Å²) in [5.41, 5.74) is 0.633. The van der Waals surface area contributed by atoms with Crippen LogP contribution in [0, 0.1) is 0 Å². The third-order valence-electron chi connectivity index (χ3n) is 5.86. The van der Waals surface area contributed by atoms with Crippen LogP contribution in [-0.2, 0) is 19.1 Å². The standard InChI is InChI=1S/C23H32N4O6/c1-3-32-22(30)26-14-10-24(11-15-26)20(28)19(18-8-6-5-7-9-18)21(29)25-12-16-27(17-13-25)23(31)33-4-2/h5-9,19H,3-4,10-17H2,1-2H3. The number of nitrogens with zero attached hydrogens (tertiary/aromatic N) is 4. The fourth-order valence-electron chi connectivity index (χ4n) is 4.05. The Morgan fingerprint density at radius 3 is 1.39 bits per heavy atom. The molecule has 0 bridgehead atoms. The van der Waals surface area contributed by atoms with Crippen molar-refractivity contribution in [1.82, 2.24) is 19.6 Å². The van der Waals surface area contributed by atoms with Crippen molar-refractivity contribution in [2.24, 2.45) is 0 Å². The Morgan fingerprint density at radius 1 is 0.667 bits per heavy atom. The van der Waals surface area contributed by atoms with Gasteiger partial charge in [0.15, 0.2) is 0 Å². The van der Waals surface area contributed by atoms with Gasteiger partial charge in [0.2, 0.25) is 11.8 Å². The van der Waals surface area contributed by atoms with Gasteiger partial charge in [-0.05, 0) is 19.4 Å². The Hall–Kier alpha value is -3.30. The van der Waals surface area contributed by atoms with Gasteiger partial charge in [-0.15, -0.1) is 0 Å². The molecule has 0 radical (unpaired) electrons. The normalized spacial score (nSPS) is 16.6. The van der Waals surface area contributed by atoms with Crippen LogP contribution in [-0.4, -0.2) is 109 Å². The predicted octanol–water partition coefficient (Wildman–Crippen LogP) is 1.37. The molecule has 1 aromatic carbocycles. The maximum atomic E-state index is 13.5. The highest BCUT2D eigenvalue weighted by atomic mass is 16.6. The van der Waals surface area contributed by atoms with Crippen molar-refractivity contribution < 1.29 is 28.7 Å². The second-order valence-electron chi connectivity index (χ2n) is 7.87. The van der Waals surface area contributed by atoms with E-state index in [-0.39, 0.29) is 24.0 Å².